The van der Waals surface area contributed by atoms with E-state index in [2.05, 4.69) is 24.1 Å². The highest BCUT2D eigenvalue weighted by molar-refractivity contribution is 4.85. The first-order valence-corrected chi connectivity index (χ1v) is 8.23. The normalized spacial score (nSPS) is 22.7. The zero-order valence-corrected chi connectivity index (χ0v) is 12.8. The van der Waals surface area contributed by atoms with Crippen LogP contribution < -0.4 is 5.32 Å². The van der Waals surface area contributed by atoms with E-state index in [1.807, 2.05) is 0 Å². The maximum Gasteiger partial charge on any atom is 0.0610 e. The number of nitrogens with one attached hydrogen (secondary N) is 1. The smallest absolute Gasteiger partial charge is 0.0610 e. The van der Waals surface area contributed by atoms with Crippen molar-refractivity contribution in [3.05, 3.63) is 0 Å². The minimum absolute atomic E-state index is 0.0837. The second-order valence-corrected chi connectivity index (χ2v) is 7.00. The van der Waals surface area contributed by atoms with Gasteiger partial charge in [0.1, 0.15) is 0 Å². The Morgan fingerprint density at radius 2 is 1.74 bits per heavy atom. The standard InChI is InChI=1S/C16H32N2O/c1-3-17-16(2,13-19)9-4-10-18(11-14-5-6-14)12-15-7-8-15/h14-15,17,19H,3-13H2,1-2H3. The summed E-state index contributed by atoms with van der Waals surface area (Å²) in [6.45, 7) is 9.30. The Balaban J connectivity index is 1.67. The molecule has 0 aromatic carbocycles. The molecule has 0 bridgehead atoms. The van der Waals surface area contributed by atoms with Gasteiger partial charge in [0, 0.05) is 18.6 Å². The second kappa shape index (κ2) is 7.05. The summed E-state index contributed by atoms with van der Waals surface area (Å²) in [7, 11) is 0. The van der Waals surface area contributed by atoms with Crippen molar-refractivity contribution in [1.29, 1.82) is 0 Å². The Kier molecular flexibility index (Phi) is 5.67. The molecule has 0 radical (unpaired) electrons. The molecule has 2 N–H and O–H groups in total. The molecular weight excluding hydrogens is 236 g/mol. The average molecular weight is 268 g/mol. The molecule has 1 unspecified atom stereocenters. The molecule has 0 aliphatic heterocycles. The highest BCUT2D eigenvalue weighted by Gasteiger charge is 2.29. The van der Waals surface area contributed by atoms with Crippen LogP contribution in [0.25, 0.3) is 0 Å². The Morgan fingerprint density at radius 1 is 1.16 bits per heavy atom. The number of aliphatic hydroxyl groups is 1. The van der Waals surface area contributed by atoms with E-state index < -0.39 is 0 Å². The summed E-state index contributed by atoms with van der Waals surface area (Å²) in [5.41, 5.74) is -0.0837. The summed E-state index contributed by atoms with van der Waals surface area (Å²) in [5, 5.41) is 12.9. The van der Waals surface area contributed by atoms with Crippen LogP contribution in [0.1, 0.15) is 52.4 Å². The molecule has 2 fully saturated rings. The third-order valence-electron chi connectivity index (χ3n) is 4.58. The van der Waals surface area contributed by atoms with Gasteiger partial charge < -0.3 is 15.3 Å². The molecule has 0 heterocycles. The van der Waals surface area contributed by atoms with E-state index in [9.17, 15) is 5.11 Å². The fourth-order valence-corrected chi connectivity index (χ4v) is 2.93. The van der Waals surface area contributed by atoms with Gasteiger partial charge in [-0.15, -0.1) is 0 Å². The lowest BCUT2D eigenvalue weighted by molar-refractivity contribution is 0.156. The van der Waals surface area contributed by atoms with Crippen molar-refractivity contribution < 1.29 is 5.11 Å². The van der Waals surface area contributed by atoms with Gasteiger partial charge in [-0.25, -0.2) is 0 Å². The van der Waals surface area contributed by atoms with Crippen LogP contribution in [0, 0.1) is 11.8 Å². The van der Waals surface area contributed by atoms with Crippen molar-refractivity contribution in [1.82, 2.24) is 10.2 Å². The minimum atomic E-state index is -0.0837. The molecule has 0 aromatic heterocycles. The van der Waals surface area contributed by atoms with Crippen LogP contribution in [0.3, 0.4) is 0 Å². The lowest BCUT2D eigenvalue weighted by Crippen LogP contribution is -2.46. The summed E-state index contributed by atoms with van der Waals surface area (Å²) in [5.74, 6) is 1.99. The van der Waals surface area contributed by atoms with Gasteiger partial charge in [-0.2, -0.15) is 0 Å². The largest absolute Gasteiger partial charge is 0.394 e. The van der Waals surface area contributed by atoms with Gasteiger partial charge in [-0.1, -0.05) is 6.92 Å². The first kappa shape index (κ1) is 15.3. The number of hydrogen-bond acceptors (Lipinski definition) is 3. The molecular formula is C16H32N2O. The number of hydrogen-bond donors (Lipinski definition) is 2. The van der Waals surface area contributed by atoms with E-state index >= 15 is 0 Å². The van der Waals surface area contributed by atoms with Crippen molar-refractivity contribution in [3.8, 4) is 0 Å². The molecule has 3 heteroatoms. The molecule has 0 amide bonds. The molecule has 2 saturated carbocycles. The second-order valence-electron chi connectivity index (χ2n) is 7.00. The number of nitrogens with zero attached hydrogens (tertiary/aromatic N) is 1. The third kappa shape index (κ3) is 5.80. The molecule has 112 valence electrons. The Morgan fingerprint density at radius 3 is 2.16 bits per heavy atom. The summed E-state index contributed by atoms with van der Waals surface area (Å²) in [6, 6.07) is 0. The molecule has 0 spiro atoms. The summed E-state index contributed by atoms with van der Waals surface area (Å²) >= 11 is 0. The Hall–Kier alpha value is -0.120. The Bertz CT molecular complexity index is 249. The van der Waals surface area contributed by atoms with E-state index in [1.165, 1.54) is 51.7 Å². The van der Waals surface area contributed by atoms with Crippen LogP contribution >= 0.6 is 0 Å². The molecule has 3 nitrogen and oxygen atoms in total. The van der Waals surface area contributed by atoms with Crippen molar-refractivity contribution in [2.75, 3.05) is 32.8 Å². The van der Waals surface area contributed by atoms with Crippen LogP contribution in [-0.2, 0) is 0 Å². The molecule has 0 aromatic rings. The van der Waals surface area contributed by atoms with E-state index in [0.29, 0.717) is 0 Å². The predicted octanol–water partition coefficient (Wildman–Crippen LogP) is 2.25. The van der Waals surface area contributed by atoms with Gasteiger partial charge in [-0.05, 0) is 70.4 Å². The van der Waals surface area contributed by atoms with Crippen molar-refractivity contribution >= 4 is 0 Å². The quantitative estimate of drug-likeness (QED) is 0.603. The third-order valence-corrected chi connectivity index (χ3v) is 4.58. The predicted molar refractivity (Wildman–Crippen MR) is 80.3 cm³/mol. The first-order valence-electron chi connectivity index (χ1n) is 8.23. The lowest BCUT2D eigenvalue weighted by Gasteiger charge is -2.30. The first-order chi connectivity index (χ1) is 9.15. The van der Waals surface area contributed by atoms with Crippen LogP contribution in [0.4, 0.5) is 0 Å². The molecule has 2 aliphatic carbocycles. The Labute approximate surface area is 118 Å². The fraction of sp³-hybridized carbons (Fsp3) is 1.00. The van der Waals surface area contributed by atoms with Gasteiger partial charge in [0.25, 0.3) is 0 Å². The highest BCUT2D eigenvalue weighted by Crippen LogP contribution is 2.33. The summed E-state index contributed by atoms with van der Waals surface area (Å²) in [6.07, 6.45) is 8.08. The maximum atomic E-state index is 9.52. The highest BCUT2D eigenvalue weighted by atomic mass is 16.3. The van der Waals surface area contributed by atoms with Crippen LogP contribution in [0.15, 0.2) is 0 Å². The van der Waals surface area contributed by atoms with Gasteiger partial charge >= 0.3 is 0 Å². The van der Waals surface area contributed by atoms with Crippen molar-refractivity contribution in [3.63, 3.8) is 0 Å². The fourth-order valence-electron chi connectivity index (χ4n) is 2.93. The molecule has 2 rings (SSSR count). The van der Waals surface area contributed by atoms with E-state index in [0.717, 1.165) is 24.8 Å². The van der Waals surface area contributed by atoms with Gasteiger partial charge in [0.05, 0.1) is 6.61 Å². The van der Waals surface area contributed by atoms with E-state index in [-0.39, 0.29) is 12.1 Å². The summed E-state index contributed by atoms with van der Waals surface area (Å²) < 4.78 is 0. The van der Waals surface area contributed by atoms with Crippen LogP contribution in [0.2, 0.25) is 0 Å². The molecule has 19 heavy (non-hydrogen) atoms. The molecule has 1 atom stereocenters. The van der Waals surface area contributed by atoms with Gasteiger partial charge in [-0.3, -0.25) is 0 Å². The maximum absolute atomic E-state index is 9.52. The van der Waals surface area contributed by atoms with Crippen LogP contribution in [-0.4, -0.2) is 48.3 Å². The number of aliphatic hydroxyl groups excluding tert-OH is 1. The topological polar surface area (TPSA) is 35.5 Å². The summed E-state index contributed by atoms with van der Waals surface area (Å²) in [4.78, 5) is 2.69. The number of rotatable bonds is 11. The minimum Gasteiger partial charge on any atom is -0.394 e. The monoisotopic (exact) mass is 268 g/mol. The number of likely N-dealkylation sites (N-methyl/N-ethyl adjacent to an activating group) is 1. The zero-order valence-electron chi connectivity index (χ0n) is 12.8. The lowest BCUT2D eigenvalue weighted by atomic mass is 9.96. The molecule has 0 saturated heterocycles. The van der Waals surface area contributed by atoms with Gasteiger partial charge in [0.2, 0.25) is 0 Å². The van der Waals surface area contributed by atoms with E-state index in [1.54, 1.807) is 0 Å². The van der Waals surface area contributed by atoms with Crippen molar-refractivity contribution in [2.24, 2.45) is 11.8 Å². The average Bonchev–Trinajstić information content (AvgIpc) is 3.25. The van der Waals surface area contributed by atoms with Crippen LogP contribution in [0.5, 0.6) is 0 Å². The molecule has 2 aliphatic rings. The van der Waals surface area contributed by atoms with Crippen molar-refractivity contribution in [2.45, 2.75) is 57.9 Å². The zero-order chi connectivity index (χ0) is 13.7. The van der Waals surface area contributed by atoms with E-state index in [4.69, 9.17) is 0 Å². The SMILES string of the molecule is CCNC(C)(CO)CCCN(CC1CC1)CC1CC1. The van der Waals surface area contributed by atoms with Gasteiger partial charge in [0.15, 0.2) is 0 Å².